The van der Waals surface area contributed by atoms with Crippen LogP contribution in [0.1, 0.15) is 51.4 Å². The van der Waals surface area contributed by atoms with Crippen LogP contribution in [0.4, 0.5) is 17.1 Å². The Balaban J connectivity index is 1.19. The summed E-state index contributed by atoms with van der Waals surface area (Å²) < 4.78 is 2.38. The van der Waals surface area contributed by atoms with Gasteiger partial charge in [-0.15, -0.1) is 0 Å². The molecule has 0 saturated carbocycles. The number of para-hydroxylation sites is 1. The predicted molar refractivity (Wildman–Crippen MR) is 222 cm³/mol. The molecule has 8 aromatic rings. The van der Waals surface area contributed by atoms with Crippen molar-refractivity contribution in [2.45, 2.75) is 45.4 Å². The van der Waals surface area contributed by atoms with Crippen LogP contribution in [0.5, 0.6) is 0 Å². The summed E-state index contributed by atoms with van der Waals surface area (Å²) in [6.45, 7) is 11.7. The Kier molecular flexibility index (Phi) is 7.31. The molecule has 0 aliphatic heterocycles. The first-order valence-corrected chi connectivity index (χ1v) is 18.4. The molecule has 0 unspecified atom stereocenters. The van der Waals surface area contributed by atoms with Crippen molar-refractivity contribution in [3.05, 3.63) is 175 Å². The first kappa shape index (κ1) is 32.1. The van der Waals surface area contributed by atoms with E-state index in [1.54, 1.807) is 0 Å². The number of hydrogen-bond acceptors (Lipinski definition) is 1. The van der Waals surface area contributed by atoms with Gasteiger partial charge in [-0.05, 0) is 92.2 Å². The highest BCUT2D eigenvalue weighted by atomic mass is 15.1. The molecule has 0 radical (unpaired) electrons. The van der Waals surface area contributed by atoms with E-state index in [2.05, 4.69) is 209 Å². The summed E-state index contributed by atoms with van der Waals surface area (Å²) in [4.78, 5) is 2.42. The van der Waals surface area contributed by atoms with Crippen LogP contribution >= 0.6 is 0 Å². The van der Waals surface area contributed by atoms with E-state index in [4.69, 9.17) is 0 Å². The highest BCUT2D eigenvalue weighted by Crippen LogP contribution is 2.51. The van der Waals surface area contributed by atoms with Gasteiger partial charge in [0.05, 0.1) is 0 Å². The van der Waals surface area contributed by atoms with E-state index in [0.717, 1.165) is 17.1 Å². The molecule has 1 aromatic heterocycles. The van der Waals surface area contributed by atoms with Gasteiger partial charge >= 0.3 is 0 Å². The Labute approximate surface area is 307 Å². The molecule has 0 bridgehead atoms. The van der Waals surface area contributed by atoms with Crippen LogP contribution < -0.4 is 4.90 Å². The predicted octanol–water partition coefficient (Wildman–Crippen LogP) is 13.7. The van der Waals surface area contributed by atoms with E-state index in [9.17, 15) is 0 Å². The third kappa shape index (κ3) is 5.00. The zero-order valence-corrected chi connectivity index (χ0v) is 30.9. The summed E-state index contributed by atoms with van der Waals surface area (Å²) in [6.07, 6.45) is 0. The fourth-order valence-electron chi connectivity index (χ4n) is 8.89. The molecule has 9 rings (SSSR count). The lowest BCUT2D eigenvalue weighted by Crippen LogP contribution is -2.17. The van der Waals surface area contributed by atoms with Crippen molar-refractivity contribution in [1.82, 2.24) is 4.57 Å². The van der Waals surface area contributed by atoms with Gasteiger partial charge in [-0.25, -0.2) is 0 Å². The maximum absolute atomic E-state index is 2.42. The van der Waals surface area contributed by atoms with Crippen LogP contribution in [0.15, 0.2) is 158 Å². The van der Waals surface area contributed by atoms with Crippen LogP contribution in [0.2, 0.25) is 0 Å². The van der Waals surface area contributed by atoms with Crippen LogP contribution in [-0.4, -0.2) is 4.57 Å². The van der Waals surface area contributed by atoms with Crippen LogP contribution in [0.3, 0.4) is 0 Å². The maximum Gasteiger partial charge on any atom is 0.0486 e. The van der Waals surface area contributed by atoms with Crippen molar-refractivity contribution in [1.29, 1.82) is 0 Å². The fourth-order valence-corrected chi connectivity index (χ4v) is 8.89. The lowest BCUT2D eigenvalue weighted by Gasteiger charge is -2.28. The molecule has 0 fully saturated rings. The van der Waals surface area contributed by atoms with Crippen molar-refractivity contribution >= 4 is 38.7 Å². The number of anilines is 3. The van der Waals surface area contributed by atoms with E-state index in [-0.39, 0.29) is 10.8 Å². The first-order valence-electron chi connectivity index (χ1n) is 18.4. The molecule has 0 atom stereocenters. The fraction of sp³-hybridized carbons (Fsp3) is 0.160. The third-order valence-corrected chi connectivity index (χ3v) is 11.3. The van der Waals surface area contributed by atoms with Gasteiger partial charge in [-0.3, -0.25) is 0 Å². The minimum atomic E-state index is -0.0899. The molecule has 0 saturated heterocycles. The topological polar surface area (TPSA) is 8.17 Å². The summed E-state index contributed by atoms with van der Waals surface area (Å²) in [5.41, 5.74) is 16.4. The Morgan fingerprint density at radius 3 is 1.79 bits per heavy atom. The number of rotatable bonds is 5. The molecular weight excluding hydrogens is 629 g/mol. The normalized spacial score (nSPS) is 13.3. The SMILES string of the molecule is Cn1c(C(C)(C)C)c(-c2ccc(N(c3ccc(-c4cccc5ccccc45)cc3)c3ccc4c(c3)C(C)(C)c3ccccc3-4)cc2)c2ccccc21. The Morgan fingerprint density at radius 1 is 0.500 bits per heavy atom. The average molecular weight is 673 g/mol. The molecule has 2 heteroatoms. The number of benzene rings is 7. The second-order valence-electron chi connectivity index (χ2n) is 15.9. The quantitative estimate of drug-likeness (QED) is 0.177. The van der Waals surface area contributed by atoms with E-state index in [0.29, 0.717) is 0 Å². The summed E-state index contributed by atoms with van der Waals surface area (Å²) in [5.74, 6) is 0. The smallest absolute Gasteiger partial charge is 0.0486 e. The van der Waals surface area contributed by atoms with Gasteiger partial charge in [0.1, 0.15) is 0 Å². The molecule has 1 aliphatic rings. The van der Waals surface area contributed by atoms with Gasteiger partial charge < -0.3 is 9.47 Å². The maximum atomic E-state index is 2.42. The first-order chi connectivity index (χ1) is 25.1. The second-order valence-corrected chi connectivity index (χ2v) is 15.9. The van der Waals surface area contributed by atoms with Crippen molar-refractivity contribution in [3.8, 4) is 33.4 Å². The summed E-state index contributed by atoms with van der Waals surface area (Å²) in [5, 5.41) is 3.83. The van der Waals surface area contributed by atoms with Crippen molar-refractivity contribution in [3.63, 3.8) is 0 Å². The zero-order valence-electron chi connectivity index (χ0n) is 30.9. The molecule has 0 amide bonds. The van der Waals surface area contributed by atoms with Gasteiger partial charge in [0.25, 0.3) is 0 Å². The second kappa shape index (κ2) is 11.9. The summed E-state index contributed by atoms with van der Waals surface area (Å²) >= 11 is 0. The molecule has 52 heavy (non-hydrogen) atoms. The van der Waals surface area contributed by atoms with Crippen molar-refractivity contribution in [2.24, 2.45) is 7.05 Å². The van der Waals surface area contributed by atoms with Gasteiger partial charge in [-0.1, -0.05) is 150 Å². The molecule has 0 N–H and O–H groups in total. The number of nitrogens with zero attached hydrogens (tertiary/aromatic N) is 2. The third-order valence-electron chi connectivity index (χ3n) is 11.3. The van der Waals surface area contributed by atoms with Gasteiger partial charge in [0.15, 0.2) is 0 Å². The highest BCUT2D eigenvalue weighted by Gasteiger charge is 2.36. The van der Waals surface area contributed by atoms with Crippen LogP contribution in [0, 0.1) is 0 Å². The molecule has 2 nitrogen and oxygen atoms in total. The lowest BCUT2D eigenvalue weighted by molar-refractivity contribution is 0.549. The monoisotopic (exact) mass is 672 g/mol. The largest absolute Gasteiger partial charge is 0.347 e. The van der Waals surface area contributed by atoms with Crippen LogP contribution in [-0.2, 0) is 17.9 Å². The Bertz CT molecular complexity index is 2620. The standard InChI is InChI=1S/C50H44N2/c1-49(2,3)48-47(43-18-10-12-21-46(43)51(48)6)35-24-28-37(29-25-35)52(38-30-31-42-41-17-9-11-20-44(41)50(4,5)45(42)32-38)36-26-22-34(23-27-36)40-19-13-15-33-14-7-8-16-39(33)40/h7-32H,1-6H3. The van der Waals surface area contributed by atoms with Gasteiger partial charge in [0, 0.05) is 57.1 Å². The number of aromatic nitrogens is 1. The van der Waals surface area contributed by atoms with Crippen molar-refractivity contribution < 1.29 is 0 Å². The summed E-state index contributed by atoms with van der Waals surface area (Å²) in [6, 6.07) is 58.3. The van der Waals surface area contributed by atoms with Gasteiger partial charge in [-0.2, -0.15) is 0 Å². The number of aryl methyl sites for hydroxylation is 1. The number of fused-ring (bicyclic) bond motifs is 5. The number of hydrogen-bond donors (Lipinski definition) is 0. The van der Waals surface area contributed by atoms with Crippen LogP contribution in [0.25, 0.3) is 55.1 Å². The lowest BCUT2D eigenvalue weighted by atomic mass is 9.82. The molecule has 0 spiro atoms. The van der Waals surface area contributed by atoms with E-state index >= 15 is 0 Å². The zero-order chi connectivity index (χ0) is 35.8. The Morgan fingerprint density at radius 2 is 1.06 bits per heavy atom. The summed E-state index contributed by atoms with van der Waals surface area (Å²) in [7, 11) is 2.21. The van der Waals surface area contributed by atoms with Crippen molar-refractivity contribution in [2.75, 3.05) is 4.90 Å². The molecule has 1 heterocycles. The van der Waals surface area contributed by atoms with E-state index in [1.807, 2.05) is 0 Å². The average Bonchev–Trinajstić information content (AvgIpc) is 3.59. The molecular formula is C50H44N2. The minimum absolute atomic E-state index is 0.0194. The highest BCUT2D eigenvalue weighted by molar-refractivity contribution is 6.00. The van der Waals surface area contributed by atoms with Gasteiger partial charge in [0.2, 0.25) is 0 Å². The minimum Gasteiger partial charge on any atom is -0.347 e. The van der Waals surface area contributed by atoms with E-state index < -0.39 is 0 Å². The molecule has 1 aliphatic carbocycles. The Hall–Kier alpha value is -5.86. The molecule has 254 valence electrons. The van der Waals surface area contributed by atoms with E-state index in [1.165, 1.54) is 71.9 Å². The molecule has 7 aromatic carbocycles.